The second-order valence-corrected chi connectivity index (χ2v) is 8.07. The second-order valence-electron chi connectivity index (χ2n) is 5.54. The predicted molar refractivity (Wildman–Crippen MR) is 101 cm³/mol. The average molecular weight is 415 g/mol. The number of carbonyl (C=O) groups is 2. The Hall–Kier alpha value is -1.93. The summed E-state index contributed by atoms with van der Waals surface area (Å²) in [6.07, 6.45) is 0. The topological polar surface area (TPSA) is 92.3 Å². The molecule has 0 aromatic heterocycles. The number of hydrogen-bond donors (Lipinski definition) is 2. The van der Waals surface area contributed by atoms with Crippen molar-refractivity contribution >= 4 is 50.6 Å². The van der Waals surface area contributed by atoms with Crippen LogP contribution in [0, 0.1) is 0 Å². The van der Waals surface area contributed by atoms with Crippen LogP contribution in [0.2, 0.25) is 10.0 Å². The van der Waals surface area contributed by atoms with Crippen LogP contribution in [0.25, 0.3) is 0 Å². The molecule has 0 saturated carbocycles. The van der Waals surface area contributed by atoms with Gasteiger partial charge in [0.15, 0.2) is 5.78 Å². The van der Waals surface area contributed by atoms with Crippen LogP contribution in [-0.4, -0.2) is 26.2 Å². The van der Waals surface area contributed by atoms with Gasteiger partial charge in [-0.15, -0.1) is 0 Å². The molecule has 0 aliphatic rings. The Morgan fingerprint density at radius 2 is 1.77 bits per heavy atom. The van der Waals surface area contributed by atoms with Crippen molar-refractivity contribution in [2.75, 3.05) is 5.32 Å². The van der Waals surface area contributed by atoms with E-state index in [1.54, 1.807) is 18.2 Å². The highest BCUT2D eigenvalue weighted by Gasteiger charge is 2.24. The molecule has 138 valence electrons. The van der Waals surface area contributed by atoms with Crippen LogP contribution in [0.3, 0.4) is 0 Å². The Morgan fingerprint density at radius 3 is 2.42 bits per heavy atom. The van der Waals surface area contributed by atoms with Gasteiger partial charge >= 0.3 is 0 Å². The molecule has 0 fully saturated rings. The monoisotopic (exact) mass is 414 g/mol. The van der Waals surface area contributed by atoms with Crippen molar-refractivity contribution in [3.05, 3.63) is 58.1 Å². The molecule has 0 heterocycles. The smallest absolute Gasteiger partial charge is 0.242 e. The lowest BCUT2D eigenvalue weighted by Crippen LogP contribution is -2.41. The lowest BCUT2D eigenvalue weighted by atomic mass is 10.1. The van der Waals surface area contributed by atoms with Crippen LogP contribution in [0.5, 0.6) is 0 Å². The molecule has 26 heavy (non-hydrogen) atoms. The van der Waals surface area contributed by atoms with Gasteiger partial charge < -0.3 is 5.32 Å². The predicted octanol–water partition coefficient (Wildman–Crippen LogP) is 3.50. The van der Waals surface area contributed by atoms with Crippen molar-refractivity contribution in [3.8, 4) is 0 Å². The summed E-state index contributed by atoms with van der Waals surface area (Å²) in [6.45, 7) is 2.80. The van der Waals surface area contributed by atoms with Gasteiger partial charge in [-0.05, 0) is 44.2 Å². The Bertz CT molecular complexity index is 961. The highest BCUT2D eigenvalue weighted by Crippen LogP contribution is 2.25. The average Bonchev–Trinajstić information content (AvgIpc) is 2.56. The van der Waals surface area contributed by atoms with E-state index in [0.717, 1.165) is 0 Å². The Kier molecular flexibility index (Phi) is 6.41. The molecule has 0 spiro atoms. The summed E-state index contributed by atoms with van der Waals surface area (Å²) < 4.78 is 27.1. The van der Waals surface area contributed by atoms with E-state index in [1.807, 2.05) is 0 Å². The van der Waals surface area contributed by atoms with E-state index in [1.165, 1.54) is 38.1 Å². The third-order valence-corrected chi connectivity index (χ3v) is 5.70. The molecule has 0 saturated heterocycles. The Morgan fingerprint density at radius 1 is 1.08 bits per heavy atom. The number of halogens is 2. The van der Waals surface area contributed by atoms with Gasteiger partial charge in [-0.1, -0.05) is 35.3 Å². The van der Waals surface area contributed by atoms with E-state index >= 15 is 0 Å². The molecule has 0 bridgehead atoms. The fourth-order valence-electron chi connectivity index (χ4n) is 2.10. The number of carbonyl (C=O) groups excluding carboxylic acids is 2. The van der Waals surface area contributed by atoms with Crippen molar-refractivity contribution in [2.45, 2.75) is 24.8 Å². The minimum atomic E-state index is -4.05. The van der Waals surface area contributed by atoms with Crippen molar-refractivity contribution in [3.63, 3.8) is 0 Å². The van der Waals surface area contributed by atoms with Crippen LogP contribution >= 0.6 is 23.2 Å². The number of hydrogen-bond acceptors (Lipinski definition) is 4. The van der Waals surface area contributed by atoms with E-state index in [4.69, 9.17) is 23.2 Å². The first-order valence-corrected chi connectivity index (χ1v) is 9.73. The third-order valence-electron chi connectivity index (χ3n) is 3.44. The Balaban J connectivity index is 2.14. The number of ketones is 1. The van der Waals surface area contributed by atoms with Crippen LogP contribution in [0.4, 0.5) is 5.69 Å². The fraction of sp³-hybridized carbons (Fsp3) is 0.176. The molecular weight excluding hydrogens is 399 g/mol. The molecule has 0 unspecified atom stereocenters. The molecule has 0 aliphatic heterocycles. The maximum atomic E-state index is 12.4. The second kappa shape index (κ2) is 8.18. The van der Waals surface area contributed by atoms with Gasteiger partial charge in [0.05, 0.1) is 11.1 Å². The summed E-state index contributed by atoms with van der Waals surface area (Å²) >= 11 is 11.7. The van der Waals surface area contributed by atoms with Crippen LogP contribution in [-0.2, 0) is 14.8 Å². The van der Waals surface area contributed by atoms with Crippen molar-refractivity contribution < 1.29 is 18.0 Å². The molecular formula is C17H16Cl2N2O4S. The molecule has 6 nitrogen and oxygen atoms in total. The molecule has 2 aromatic carbocycles. The summed E-state index contributed by atoms with van der Waals surface area (Å²) in [7, 11) is -4.05. The number of anilines is 1. The normalized spacial score (nSPS) is 12.5. The van der Waals surface area contributed by atoms with Crippen LogP contribution in [0.15, 0.2) is 47.4 Å². The first kappa shape index (κ1) is 20.4. The molecule has 2 N–H and O–H groups in total. The van der Waals surface area contributed by atoms with E-state index < -0.39 is 22.0 Å². The van der Waals surface area contributed by atoms with Gasteiger partial charge in [-0.3, -0.25) is 9.59 Å². The van der Waals surface area contributed by atoms with Gasteiger partial charge in [0.2, 0.25) is 15.9 Å². The van der Waals surface area contributed by atoms with Gasteiger partial charge in [0.1, 0.15) is 4.90 Å². The number of rotatable bonds is 6. The minimum Gasteiger partial charge on any atom is -0.325 e. The summed E-state index contributed by atoms with van der Waals surface area (Å²) in [5, 5.41) is 2.75. The first-order chi connectivity index (χ1) is 12.1. The molecule has 0 aliphatic carbocycles. The van der Waals surface area contributed by atoms with Crippen molar-refractivity contribution in [1.82, 2.24) is 4.72 Å². The lowest BCUT2D eigenvalue weighted by molar-refractivity contribution is -0.117. The van der Waals surface area contributed by atoms with E-state index in [9.17, 15) is 18.0 Å². The lowest BCUT2D eigenvalue weighted by Gasteiger charge is -2.15. The largest absolute Gasteiger partial charge is 0.325 e. The van der Waals surface area contributed by atoms with Gasteiger partial charge in [0, 0.05) is 16.3 Å². The third kappa shape index (κ3) is 5.04. The summed E-state index contributed by atoms with van der Waals surface area (Å²) in [5.74, 6) is -0.738. The van der Waals surface area contributed by atoms with E-state index in [-0.39, 0.29) is 20.7 Å². The number of sulfonamides is 1. The number of Topliss-reactive ketones (excluding diaryl/α,β-unsaturated/α-hetero) is 1. The fourth-order valence-corrected chi connectivity index (χ4v) is 4.06. The molecule has 9 heteroatoms. The zero-order valence-corrected chi connectivity index (χ0v) is 16.2. The molecule has 1 atom stereocenters. The zero-order chi connectivity index (χ0) is 19.5. The first-order valence-electron chi connectivity index (χ1n) is 7.49. The molecule has 1 amide bonds. The van der Waals surface area contributed by atoms with Gasteiger partial charge in [0.25, 0.3) is 0 Å². The maximum Gasteiger partial charge on any atom is 0.242 e. The highest BCUT2D eigenvalue weighted by molar-refractivity contribution is 7.89. The molecule has 0 radical (unpaired) electrons. The van der Waals surface area contributed by atoms with E-state index in [2.05, 4.69) is 10.0 Å². The number of amides is 1. The van der Waals surface area contributed by atoms with Crippen molar-refractivity contribution in [1.29, 1.82) is 0 Å². The van der Waals surface area contributed by atoms with Gasteiger partial charge in [-0.25, -0.2) is 8.42 Å². The summed E-state index contributed by atoms with van der Waals surface area (Å²) in [6, 6.07) is 9.27. The highest BCUT2D eigenvalue weighted by atomic mass is 35.5. The maximum absolute atomic E-state index is 12.4. The minimum absolute atomic E-state index is 0.0105. The van der Waals surface area contributed by atoms with Crippen LogP contribution in [0.1, 0.15) is 24.2 Å². The molecule has 2 rings (SSSR count). The number of benzene rings is 2. The summed E-state index contributed by atoms with van der Waals surface area (Å²) in [5.41, 5.74) is 0.816. The van der Waals surface area contributed by atoms with Crippen molar-refractivity contribution in [2.24, 2.45) is 0 Å². The van der Waals surface area contributed by atoms with Crippen LogP contribution < -0.4 is 10.0 Å². The standard InChI is InChI=1S/C17H16Cl2N2O4S/c1-10(17(23)20-14-5-3-4-12(8-14)11(2)22)21-26(24,25)16-9-13(18)6-7-15(16)19/h3-10,21H,1-2H3,(H,20,23)/t10-/m1/s1. The SMILES string of the molecule is CC(=O)c1cccc(NC(=O)[C@@H](C)NS(=O)(=O)c2cc(Cl)ccc2Cl)c1. The van der Waals surface area contributed by atoms with E-state index in [0.29, 0.717) is 11.3 Å². The zero-order valence-electron chi connectivity index (χ0n) is 13.9. The summed E-state index contributed by atoms with van der Waals surface area (Å²) in [4.78, 5) is 23.4. The quantitative estimate of drug-likeness (QED) is 0.707. The Labute approximate surface area is 161 Å². The van der Waals surface area contributed by atoms with Gasteiger partial charge in [-0.2, -0.15) is 4.72 Å². The number of nitrogens with one attached hydrogen (secondary N) is 2. The molecule has 2 aromatic rings.